The number of rotatable bonds is 10. The van der Waals surface area contributed by atoms with Crippen LogP contribution >= 0.6 is 0 Å². The number of para-hydroxylation sites is 1. The highest BCUT2D eigenvalue weighted by Gasteiger charge is 2.25. The van der Waals surface area contributed by atoms with Gasteiger partial charge in [-0.3, -0.25) is 9.59 Å². The lowest BCUT2D eigenvalue weighted by molar-refractivity contribution is -0.121. The van der Waals surface area contributed by atoms with Gasteiger partial charge in [0.15, 0.2) is 5.82 Å². The van der Waals surface area contributed by atoms with Crippen molar-refractivity contribution in [2.75, 3.05) is 42.1 Å². The average molecular weight is 460 g/mol. The smallest absolute Gasteiger partial charge is 0.242 e. The Bertz CT molecular complexity index is 1110. The minimum absolute atomic E-state index is 0.0222. The molecule has 0 saturated heterocycles. The zero-order chi connectivity index (χ0) is 23.8. The Hall–Kier alpha value is -4.14. The van der Waals surface area contributed by atoms with E-state index in [1.807, 2.05) is 60.7 Å². The van der Waals surface area contributed by atoms with E-state index in [0.717, 1.165) is 16.8 Å². The van der Waals surface area contributed by atoms with E-state index < -0.39 is 0 Å². The zero-order valence-corrected chi connectivity index (χ0v) is 19.1. The highest BCUT2D eigenvalue weighted by molar-refractivity contribution is 5.87. The van der Waals surface area contributed by atoms with Crippen molar-refractivity contribution in [3.8, 4) is 11.4 Å². The average Bonchev–Trinajstić information content (AvgIpc) is 3.29. The molecule has 176 valence electrons. The fourth-order valence-corrected chi connectivity index (χ4v) is 3.73. The molecule has 0 fully saturated rings. The quantitative estimate of drug-likeness (QED) is 0.295. The van der Waals surface area contributed by atoms with Gasteiger partial charge in [0, 0.05) is 56.8 Å². The normalized spacial score (nSPS) is 14.0. The number of nitrogens with one attached hydrogen (secondary N) is 5. The van der Waals surface area contributed by atoms with Crippen LogP contribution in [0, 0.1) is 0 Å². The molecule has 0 aliphatic carbocycles. The summed E-state index contributed by atoms with van der Waals surface area (Å²) >= 11 is 0. The largest absolute Gasteiger partial charge is 0.373 e. The molecule has 1 unspecified atom stereocenters. The maximum atomic E-state index is 12.5. The molecular formula is C25H29N7O2. The molecule has 1 aromatic heterocycles. The third-order valence-electron chi connectivity index (χ3n) is 5.38. The number of nitrogens with zero attached hydrogens (tertiary/aromatic N) is 2. The lowest BCUT2D eigenvalue weighted by Crippen LogP contribution is -2.40. The van der Waals surface area contributed by atoms with Crippen LogP contribution in [0.5, 0.6) is 0 Å². The number of carbonyl (C=O) groups is 2. The maximum Gasteiger partial charge on any atom is 0.242 e. The van der Waals surface area contributed by atoms with Gasteiger partial charge in [0.05, 0.1) is 0 Å². The second-order valence-corrected chi connectivity index (χ2v) is 8.01. The molecule has 2 aromatic carbocycles. The Morgan fingerprint density at radius 2 is 1.53 bits per heavy atom. The highest BCUT2D eigenvalue weighted by atomic mass is 16.2. The first-order valence-electron chi connectivity index (χ1n) is 11.4. The molecule has 1 aliphatic heterocycles. The predicted molar refractivity (Wildman–Crippen MR) is 134 cm³/mol. The number of hydrogen-bond donors (Lipinski definition) is 5. The monoisotopic (exact) mass is 459 g/mol. The summed E-state index contributed by atoms with van der Waals surface area (Å²) in [6.45, 7) is 3.50. The van der Waals surface area contributed by atoms with E-state index in [2.05, 4.69) is 36.6 Å². The van der Waals surface area contributed by atoms with Crippen molar-refractivity contribution in [2.24, 2.45) is 0 Å². The molecule has 0 radical (unpaired) electrons. The van der Waals surface area contributed by atoms with Crippen LogP contribution in [0.4, 0.5) is 17.3 Å². The number of benzene rings is 2. The van der Waals surface area contributed by atoms with Crippen molar-refractivity contribution in [1.82, 2.24) is 20.6 Å². The van der Waals surface area contributed by atoms with E-state index in [0.29, 0.717) is 50.1 Å². The minimum Gasteiger partial charge on any atom is -0.373 e. The van der Waals surface area contributed by atoms with Gasteiger partial charge in [0.1, 0.15) is 17.7 Å². The Labute approximate surface area is 198 Å². The van der Waals surface area contributed by atoms with Gasteiger partial charge in [-0.05, 0) is 11.6 Å². The molecule has 3 aromatic rings. The summed E-state index contributed by atoms with van der Waals surface area (Å²) in [6.07, 6.45) is 0.690. The van der Waals surface area contributed by atoms with Crippen molar-refractivity contribution < 1.29 is 9.59 Å². The fraction of sp³-hybridized carbons (Fsp3) is 0.280. The van der Waals surface area contributed by atoms with Crippen LogP contribution in [0.3, 0.4) is 0 Å². The standard InChI is InChI=1S/C25H29N7O2/c1-17(33)26-11-12-27-22-16-23(32-24(31-22)18-7-3-2-4-8-18)28-13-14-29-25(34)21-15-19-9-5-6-10-20(19)30-21/h2-10,16,21,30H,11-15H2,1H3,(H,26,33)(H,29,34)(H2,27,28,31,32). The highest BCUT2D eigenvalue weighted by Crippen LogP contribution is 2.25. The summed E-state index contributed by atoms with van der Waals surface area (Å²) in [5.41, 5.74) is 3.08. The van der Waals surface area contributed by atoms with E-state index in [1.165, 1.54) is 6.92 Å². The molecule has 0 bridgehead atoms. The third kappa shape index (κ3) is 6.22. The predicted octanol–water partition coefficient (Wildman–Crippen LogP) is 2.26. The second-order valence-electron chi connectivity index (χ2n) is 8.01. The lowest BCUT2D eigenvalue weighted by Gasteiger charge is -2.14. The molecule has 2 amide bonds. The van der Waals surface area contributed by atoms with Gasteiger partial charge >= 0.3 is 0 Å². The summed E-state index contributed by atoms with van der Waals surface area (Å²) in [5, 5.41) is 15.5. The maximum absolute atomic E-state index is 12.5. The Kier molecular flexibility index (Phi) is 7.54. The van der Waals surface area contributed by atoms with Crippen LogP contribution in [-0.4, -0.2) is 54.0 Å². The number of amides is 2. The first-order valence-corrected chi connectivity index (χ1v) is 11.4. The molecule has 2 heterocycles. The van der Waals surface area contributed by atoms with Crippen molar-refractivity contribution in [3.05, 3.63) is 66.2 Å². The first-order chi connectivity index (χ1) is 16.6. The van der Waals surface area contributed by atoms with E-state index in [1.54, 1.807) is 0 Å². The molecule has 1 atom stereocenters. The number of aromatic nitrogens is 2. The van der Waals surface area contributed by atoms with Gasteiger partial charge < -0.3 is 26.6 Å². The summed E-state index contributed by atoms with van der Waals surface area (Å²) in [7, 11) is 0. The number of fused-ring (bicyclic) bond motifs is 1. The van der Waals surface area contributed by atoms with E-state index in [4.69, 9.17) is 0 Å². The third-order valence-corrected chi connectivity index (χ3v) is 5.38. The summed E-state index contributed by atoms with van der Waals surface area (Å²) in [4.78, 5) is 32.8. The van der Waals surface area contributed by atoms with Gasteiger partial charge in [-0.2, -0.15) is 0 Å². The summed E-state index contributed by atoms with van der Waals surface area (Å²) in [6, 6.07) is 19.3. The van der Waals surface area contributed by atoms with Crippen LogP contribution in [0.25, 0.3) is 11.4 Å². The summed E-state index contributed by atoms with van der Waals surface area (Å²) in [5.74, 6) is 1.79. The lowest BCUT2D eigenvalue weighted by atomic mass is 10.1. The number of anilines is 3. The molecule has 9 heteroatoms. The van der Waals surface area contributed by atoms with Gasteiger partial charge in [-0.25, -0.2) is 9.97 Å². The fourth-order valence-electron chi connectivity index (χ4n) is 3.73. The van der Waals surface area contributed by atoms with Crippen molar-refractivity contribution in [2.45, 2.75) is 19.4 Å². The van der Waals surface area contributed by atoms with E-state index >= 15 is 0 Å². The van der Waals surface area contributed by atoms with Gasteiger partial charge in [0.2, 0.25) is 11.8 Å². The number of hydrogen-bond acceptors (Lipinski definition) is 7. The molecule has 4 rings (SSSR count). The van der Waals surface area contributed by atoms with Crippen LogP contribution in [0.15, 0.2) is 60.7 Å². The van der Waals surface area contributed by atoms with Crippen LogP contribution < -0.4 is 26.6 Å². The minimum atomic E-state index is -0.249. The molecule has 0 saturated carbocycles. The first kappa shape index (κ1) is 23.0. The topological polar surface area (TPSA) is 120 Å². The number of carbonyl (C=O) groups excluding carboxylic acids is 2. The molecular weight excluding hydrogens is 430 g/mol. The summed E-state index contributed by atoms with van der Waals surface area (Å²) < 4.78 is 0. The SMILES string of the molecule is CC(=O)NCCNc1cc(NCCNC(=O)C2Cc3ccccc3N2)nc(-c2ccccc2)n1. The Morgan fingerprint density at radius 3 is 2.21 bits per heavy atom. The van der Waals surface area contributed by atoms with Crippen LogP contribution in [0.2, 0.25) is 0 Å². The van der Waals surface area contributed by atoms with Gasteiger partial charge in [0.25, 0.3) is 0 Å². The Balaban J connectivity index is 1.32. The van der Waals surface area contributed by atoms with E-state index in [-0.39, 0.29) is 17.9 Å². The molecule has 34 heavy (non-hydrogen) atoms. The molecule has 0 spiro atoms. The second kappa shape index (κ2) is 11.1. The van der Waals surface area contributed by atoms with Gasteiger partial charge in [-0.15, -0.1) is 0 Å². The molecule has 9 nitrogen and oxygen atoms in total. The Morgan fingerprint density at radius 1 is 0.882 bits per heavy atom. The van der Waals surface area contributed by atoms with Gasteiger partial charge in [-0.1, -0.05) is 48.5 Å². The van der Waals surface area contributed by atoms with Crippen LogP contribution in [-0.2, 0) is 16.0 Å². The van der Waals surface area contributed by atoms with Crippen molar-refractivity contribution in [3.63, 3.8) is 0 Å². The van der Waals surface area contributed by atoms with E-state index in [9.17, 15) is 9.59 Å². The molecule has 1 aliphatic rings. The van der Waals surface area contributed by atoms with Crippen molar-refractivity contribution in [1.29, 1.82) is 0 Å². The molecule has 5 N–H and O–H groups in total. The zero-order valence-electron chi connectivity index (χ0n) is 19.1. The van der Waals surface area contributed by atoms with Crippen molar-refractivity contribution >= 4 is 29.1 Å². The van der Waals surface area contributed by atoms with Crippen LogP contribution in [0.1, 0.15) is 12.5 Å².